The zero-order valence-electron chi connectivity index (χ0n) is 9.53. The van der Waals surface area contributed by atoms with Crippen LogP contribution < -0.4 is 0 Å². The largest absolute Gasteiger partial charge is 0.392 e. The molecule has 3 heteroatoms. The highest BCUT2D eigenvalue weighted by Gasteiger charge is 2.37. The number of hydrogen-bond acceptors (Lipinski definition) is 3. The van der Waals surface area contributed by atoms with Gasteiger partial charge in [0, 0.05) is 18.5 Å². The van der Waals surface area contributed by atoms with E-state index in [-0.39, 0.29) is 23.8 Å². The predicted octanol–water partition coefficient (Wildman–Crippen LogP) is 1.06. The quantitative estimate of drug-likeness (QED) is 0.738. The van der Waals surface area contributed by atoms with E-state index < -0.39 is 0 Å². The minimum atomic E-state index is -0.329. The van der Waals surface area contributed by atoms with Crippen molar-refractivity contribution >= 4 is 5.78 Å². The van der Waals surface area contributed by atoms with Gasteiger partial charge in [0.2, 0.25) is 0 Å². The first-order chi connectivity index (χ1) is 6.43. The number of rotatable bonds is 3. The predicted molar refractivity (Wildman–Crippen MR) is 56.1 cm³/mol. The van der Waals surface area contributed by atoms with E-state index in [4.69, 9.17) is 0 Å². The molecule has 0 aromatic carbocycles. The van der Waals surface area contributed by atoms with Crippen LogP contribution in [0.4, 0.5) is 0 Å². The number of nitrogens with zero attached hydrogens (tertiary/aromatic N) is 1. The Morgan fingerprint density at radius 1 is 1.36 bits per heavy atom. The summed E-state index contributed by atoms with van der Waals surface area (Å²) in [6.07, 6.45) is 0.278. The molecular formula is C11H21NO2. The summed E-state index contributed by atoms with van der Waals surface area (Å²) < 4.78 is 0. The maximum atomic E-state index is 11.9. The molecule has 82 valence electrons. The van der Waals surface area contributed by atoms with E-state index in [2.05, 4.69) is 18.7 Å². The molecule has 0 bridgehead atoms. The second-order valence-electron chi connectivity index (χ2n) is 4.75. The van der Waals surface area contributed by atoms with Crippen molar-refractivity contribution in [2.45, 2.75) is 52.3 Å². The molecule has 1 N–H and O–H groups in total. The zero-order chi connectivity index (χ0) is 10.9. The fourth-order valence-corrected chi connectivity index (χ4v) is 2.07. The molecule has 1 rings (SSSR count). The average molecular weight is 199 g/mol. The topological polar surface area (TPSA) is 40.5 Å². The van der Waals surface area contributed by atoms with Gasteiger partial charge in [0.05, 0.1) is 12.1 Å². The van der Waals surface area contributed by atoms with Gasteiger partial charge in [-0.1, -0.05) is 13.8 Å². The van der Waals surface area contributed by atoms with Crippen molar-refractivity contribution < 1.29 is 9.90 Å². The Morgan fingerprint density at radius 2 is 1.93 bits per heavy atom. The van der Waals surface area contributed by atoms with E-state index in [1.165, 1.54) is 0 Å². The zero-order valence-corrected chi connectivity index (χ0v) is 9.53. The lowest BCUT2D eigenvalue weighted by Crippen LogP contribution is -2.42. The van der Waals surface area contributed by atoms with E-state index in [1.54, 1.807) is 0 Å². The van der Waals surface area contributed by atoms with E-state index in [0.29, 0.717) is 19.0 Å². The van der Waals surface area contributed by atoms with Gasteiger partial charge in [0.15, 0.2) is 5.78 Å². The van der Waals surface area contributed by atoms with Gasteiger partial charge < -0.3 is 5.11 Å². The van der Waals surface area contributed by atoms with Crippen molar-refractivity contribution in [3.63, 3.8) is 0 Å². The number of likely N-dealkylation sites (tertiary alicyclic amines) is 1. The Kier molecular flexibility index (Phi) is 3.67. The highest BCUT2D eigenvalue weighted by molar-refractivity contribution is 5.86. The molecule has 3 nitrogen and oxygen atoms in total. The summed E-state index contributed by atoms with van der Waals surface area (Å²) in [5.41, 5.74) is 0. The van der Waals surface area contributed by atoms with E-state index >= 15 is 0 Å². The van der Waals surface area contributed by atoms with E-state index in [1.807, 2.05) is 13.8 Å². The second-order valence-corrected chi connectivity index (χ2v) is 4.75. The summed E-state index contributed by atoms with van der Waals surface area (Å²) in [4.78, 5) is 14.0. The van der Waals surface area contributed by atoms with Crippen LogP contribution in [-0.2, 0) is 4.79 Å². The normalized spacial score (nSPS) is 29.1. The average Bonchev–Trinajstić information content (AvgIpc) is 2.45. The third kappa shape index (κ3) is 2.34. The van der Waals surface area contributed by atoms with Crippen molar-refractivity contribution in [2.75, 3.05) is 6.54 Å². The number of β-amino-alcohol motifs (C(OH)–C–C–N with tert-alkyl or cyclic N) is 1. The second kappa shape index (κ2) is 4.41. The van der Waals surface area contributed by atoms with Crippen LogP contribution in [0.5, 0.6) is 0 Å². The minimum absolute atomic E-state index is 0.0616. The summed E-state index contributed by atoms with van der Waals surface area (Å²) in [6, 6.07) is 0.268. The maximum Gasteiger partial charge on any atom is 0.152 e. The smallest absolute Gasteiger partial charge is 0.152 e. The molecular weight excluding hydrogens is 178 g/mol. The van der Waals surface area contributed by atoms with E-state index in [0.717, 1.165) is 0 Å². The van der Waals surface area contributed by atoms with Gasteiger partial charge in [-0.15, -0.1) is 0 Å². The fraction of sp³-hybridized carbons (Fsp3) is 0.909. The molecule has 1 aliphatic heterocycles. The first kappa shape index (κ1) is 11.7. The third-order valence-electron chi connectivity index (χ3n) is 2.88. The van der Waals surface area contributed by atoms with Crippen LogP contribution >= 0.6 is 0 Å². The summed E-state index contributed by atoms with van der Waals surface area (Å²) in [7, 11) is 0. The van der Waals surface area contributed by atoms with Crippen LogP contribution in [0.1, 0.15) is 34.1 Å². The fourth-order valence-electron chi connectivity index (χ4n) is 2.07. The standard InChI is InChI=1S/C11H21NO2/c1-7(2)11(14)10-5-9(13)6-12(10)8(3)4/h7-10,13H,5-6H2,1-4H3/t9?,10-/m0/s1. The Bertz CT molecular complexity index is 213. The molecule has 1 unspecified atom stereocenters. The molecule has 1 heterocycles. The van der Waals surface area contributed by atoms with Gasteiger partial charge in [-0.3, -0.25) is 9.69 Å². The van der Waals surface area contributed by atoms with Crippen LogP contribution in [0.25, 0.3) is 0 Å². The Labute approximate surface area is 86.1 Å². The van der Waals surface area contributed by atoms with Crippen LogP contribution in [0, 0.1) is 5.92 Å². The van der Waals surface area contributed by atoms with E-state index in [9.17, 15) is 9.90 Å². The Morgan fingerprint density at radius 3 is 2.36 bits per heavy atom. The third-order valence-corrected chi connectivity index (χ3v) is 2.88. The van der Waals surface area contributed by atoms with Crippen molar-refractivity contribution in [3.8, 4) is 0 Å². The number of carbonyl (C=O) groups excluding carboxylic acids is 1. The first-order valence-electron chi connectivity index (χ1n) is 5.41. The number of carbonyl (C=O) groups is 1. The van der Waals surface area contributed by atoms with Crippen molar-refractivity contribution in [1.29, 1.82) is 0 Å². The van der Waals surface area contributed by atoms with Crippen molar-refractivity contribution in [1.82, 2.24) is 4.90 Å². The number of Topliss-reactive ketones (excluding diaryl/α,β-unsaturated/α-hetero) is 1. The van der Waals surface area contributed by atoms with Crippen LogP contribution in [-0.4, -0.2) is 40.5 Å². The number of hydrogen-bond donors (Lipinski definition) is 1. The van der Waals surface area contributed by atoms with Crippen LogP contribution in [0.15, 0.2) is 0 Å². The Balaban J connectivity index is 2.71. The van der Waals surface area contributed by atoms with Gasteiger partial charge in [-0.25, -0.2) is 0 Å². The number of ketones is 1. The molecule has 0 aromatic heterocycles. The molecule has 14 heavy (non-hydrogen) atoms. The summed E-state index contributed by atoms with van der Waals surface area (Å²) >= 11 is 0. The SMILES string of the molecule is CC(C)C(=O)[C@@H]1CC(O)CN1C(C)C. The van der Waals surface area contributed by atoms with Gasteiger partial charge in [-0.2, -0.15) is 0 Å². The summed E-state index contributed by atoms with van der Waals surface area (Å²) in [5, 5.41) is 9.56. The lowest BCUT2D eigenvalue weighted by atomic mass is 9.99. The van der Waals surface area contributed by atoms with Crippen LogP contribution in [0.3, 0.4) is 0 Å². The maximum absolute atomic E-state index is 11.9. The van der Waals surface area contributed by atoms with Gasteiger partial charge >= 0.3 is 0 Å². The molecule has 1 aliphatic rings. The molecule has 0 amide bonds. The minimum Gasteiger partial charge on any atom is -0.392 e. The van der Waals surface area contributed by atoms with Crippen LogP contribution in [0.2, 0.25) is 0 Å². The highest BCUT2D eigenvalue weighted by Crippen LogP contribution is 2.23. The molecule has 0 aromatic rings. The first-order valence-corrected chi connectivity index (χ1v) is 5.41. The summed E-state index contributed by atoms with van der Waals surface area (Å²) in [6.45, 7) is 8.62. The molecule has 0 radical (unpaired) electrons. The van der Waals surface area contributed by atoms with Crippen molar-refractivity contribution in [3.05, 3.63) is 0 Å². The lowest BCUT2D eigenvalue weighted by molar-refractivity contribution is -0.126. The van der Waals surface area contributed by atoms with Crippen molar-refractivity contribution in [2.24, 2.45) is 5.92 Å². The summed E-state index contributed by atoms with van der Waals surface area (Å²) in [5.74, 6) is 0.321. The molecule has 0 spiro atoms. The number of aliphatic hydroxyl groups excluding tert-OH is 1. The molecule has 1 fully saturated rings. The molecule has 1 saturated heterocycles. The number of aliphatic hydroxyl groups is 1. The van der Waals surface area contributed by atoms with Gasteiger partial charge in [0.25, 0.3) is 0 Å². The van der Waals surface area contributed by atoms with Gasteiger partial charge in [-0.05, 0) is 20.3 Å². The molecule has 0 aliphatic carbocycles. The molecule has 2 atom stereocenters. The highest BCUT2D eigenvalue weighted by atomic mass is 16.3. The Hall–Kier alpha value is -0.410. The molecule has 0 saturated carbocycles. The lowest BCUT2D eigenvalue weighted by Gasteiger charge is -2.27. The van der Waals surface area contributed by atoms with Gasteiger partial charge in [0.1, 0.15) is 0 Å². The monoisotopic (exact) mass is 199 g/mol.